The second-order valence-electron chi connectivity index (χ2n) is 6.02. The number of hydrogen-bond donors (Lipinski definition) is 1. The van der Waals surface area contributed by atoms with Gasteiger partial charge in [0.2, 0.25) is 0 Å². The van der Waals surface area contributed by atoms with Gasteiger partial charge in [-0.2, -0.15) is 0 Å². The van der Waals surface area contributed by atoms with Gasteiger partial charge in [-0.05, 0) is 24.3 Å². The molecule has 0 amide bonds. The molecule has 0 saturated carbocycles. The van der Waals surface area contributed by atoms with Gasteiger partial charge in [-0.15, -0.1) is 10.2 Å². The molecule has 0 aromatic carbocycles. The van der Waals surface area contributed by atoms with E-state index in [1.54, 1.807) is 0 Å². The zero-order valence-corrected chi connectivity index (χ0v) is 10.5. The average Bonchev–Trinajstić information content (AvgIpc) is 2.58. The molecule has 0 fully saturated rings. The Labute approximate surface area is 97.2 Å². The Morgan fingerprint density at radius 1 is 1.38 bits per heavy atom. The van der Waals surface area contributed by atoms with Crippen LogP contribution in [0.3, 0.4) is 0 Å². The minimum absolute atomic E-state index is 0.263. The molecule has 0 bridgehead atoms. The normalized spacial score (nSPS) is 20.9. The third kappa shape index (κ3) is 2.43. The molecule has 16 heavy (non-hydrogen) atoms. The predicted octanol–water partition coefficient (Wildman–Crippen LogP) is 1.39. The summed E-state index contributed by atoms with van der Waals surface area (Å²) in [5, 5.41) is 8.61. The van der Waals surface area contributed by atoms with Crippen LogP contribution in [-0.2, 0) is 19.4 Å². The van der Waals surface area contributed by atoms with Crippen molar-refractivity contribution in [1.29, 1.82) is 0 Å². The van der Waals surface area contributed by atoms with Crippen LogP contribution in [0.4, 0.5) is 0 Å². The summed E-state index contributed by atoms with van der Waals surface area (Å²) in [7, 11) is 0. The fourth-order valence-electron chi connectivity index (χ4n) is 2.25. The molecule has 2 rings (SSSR count). The van der Waals surface area contributed by atoms with Gasteiger partial charge in [0.15, 0.2) is 0 Å². The summed E-state index contributed by atoms with van der Waals surface area (Å²) in [6.07, 6.45) is 3.17. The van der Waals surface area contributed by atoms with Crippen LogP contribution >= 0.6 is 0 Å². The van der Waals surface area contributed by atoms with Gasteiger partial charge in [-0.3, -0.25) is 0 Å². The Morgan fingerprint density at radius 2 is 2.12 bits per heavy atom. The van der Waals surface area contributed by atoms with E-state index >= 15 is 0 Å². The van der Waals surface area contributed by atoms with Crippen molar-refractivity contribution in [3.63, 3.8) is 0 Å². The molecular formula is C12H22N4. The fourth-order valence-corrected chi connectivity index (χ4v) is 2.25. The number of hydrogen-bond acceptors (Lipinski definition) is 3. The van der Waals surface area contributed by atoms with Crippen LogP contribution in [0.1, 0.15) is 38.8 Å². The minimum atomic E-state index is 0.263. The third-order valence-corrected chi connectivity index (χ3v) is 3.14. The zero-order valence-electron chi connectivity index (χ0n) is 10.5. The smallest absolute Gasteiger partial charge is 0.133 e. The maximum atomic E-state index is 5.75. The highest BCUT2D eigenvalue weighted by atomic mass is 15.3. The van der Waals surface area contributed by atoms with E-state index in [0.29, 0.717) is 5.92 Å². The van der Waals surface area contributed by atoms with Crippen LogP contribution in [0.25, 0.3) is 0 Å². The van der Waals surface area contributed by atoms with Gasteiger partial charge in [-0.25, -0.2) is 0 Å². The molecule has 1 aromatic heterocycles. The van der Waals surface area contributed by atoms with Crippen molar-refractivity contribution in [2.45, 2.75) is 46.6 Å². The van der Waals surface area contributed by atoms with E-state index in [4.69, 9.17) is 5.73 Å². The summed E-state index contributed by atoms with van der Waals surface area (Å²) in [4.78, 5) is 0. The van der Waals surface area contributed by atoms with Gasteiger partial charge in [-0.1, -0.05) is 20.8 Å². The van der Waals surface area contributed by atoms with Crippen LogP contribution in [0.2, 0.25) is 0 Å². The quantitative estimate of drug-likeness (QED) is 0.822. The summed E-state index contributed by atoms with van der Waals surface area (Å²) >= 11 is 0. The van der Waals surface area contributed by atoms with Crippen LogP contribution in [0.5, 0.6) is 0 Å². The Bertz CT molecular complexity index is 362. The molecular weight excluding hydrogens is 200 g/mol. The highest BCUT2D eigenvalue weighted by Crippen LogP contribution is 2.24. The molecule has 2 N–H and O–H groups in total. The lowest BCUT2D eigenvalue weighted by Gasteiger charge is -2.25. The van der Waals surface area contributed by atoms with Crippen LogP contribution in [0, 0.1) is 11.3 Å². The number of rotatable bonds is 2. The van der Waals surface area contributed by atoms with Gasteiger partial charge in [0, 0.05) is 19.4 Å². The van der Waals surface area contributed by atoms with Crippen LogP contribution in [-0.4, -0.2) is 21.3 Å². The predicted molar refractivity (Wildman–Crippen MR) is 64.0 cm³/mol. The summed E-state index contributed by atoms with van der Waals surface area (Å²) in [6.45, 7) is 8.48. The molecule has 0 spiro atoms. The van der Waals surface area contributed by atoms with Crippen molar-refractivity contribution in [3.05, 3.63) is 11.6 Å². The average molecular weight is 222 g/mol. The Hall–Kier alpha value is -0.900. The fraction of sp³-hybridized carbons (Fsp3) is 0.833. The van der Waals surface area contributed by atoms with Gasteiger partial charge in [0.1, 0.15) is 11.6 Å². The van der Waals surface area contributed by atoms with Gasteiger partial charge in [0.05, 0.1) is 0 Å². The van der Waals surface area contributed by atoms with Gasteiger partial charge >= 0.3 is 0 Å². The van der Waals surface area contributed by atoms with E-state index < -0.39 is 0 Å². The summed E-state index contributed by atoms with van der Waals surface area (Å²) in [5.74, 6) is 2.87. The second kappa shape index (κ2) is 4.17. The first-order valence-electron chi connectivity index (χ1n) is 6.10. The van der Waals surface area contributed by atoms with E-state index in [9.17, 15) is 0 Å². The van der Waals surface area contributed by atoms with E-state index in [0.717, 1.165) is 44.0 Å². The van der Waals surface area contributed by atoms with Crippen molar-refractivity contribution < 1.29 is 0 Å². The van der Waals surface area contributed by atoms with E-state index in [-0.39, 0.29) is 5.41 Å². The first-order valence-corrected chi connectivity index (χ1v) is 6.10. The number of aromatic nitrogens is 3. The van der Waals surface area contributed by atoms with Gasteiger partial charge in [0.25, 0.3) is 0 Å². The molecule has 0 aliphatic carbocycles. The highest BCUT2D eigenvalue weighted by molar-refractivity contribution is 5.02. The molecule has 4 nitrogen and oxygen atoms in total. The summed E-state index contributed by atoms with van der Waals surface area (Å²) < 4.78 is 2.28. The molecule has 1 aromatic rings. The van der Waals surface area contributed by atoms with E-state index in [1.807, 2.05) is 0 Å². The zero-order chi connectivity index (χ0) is 11.8. The molecule has 0 saturated heterocycles. The number of fused-ring (bicyclic) bond motifs is 1. The molecule has 1 aliphatic rings. The lowest BCUT2D eigenvalue weighted by molar-refractivity contribution is 0.344. The highest BCUT2D eigenvalue weighted by Gasteiger charge is 2.24. The molecule has 4 heteroatoms. The Kier molecular flexibility index (Phi) is 3.02. The Balaban J connectivity index is 2.20. The standard InChI is InChI=1S/C12H22N4/c1-12(2,3)6-11-15-14-10-5-4-9(7-13)8-16(10)11/h9H,4-8,13H2,1-3H3. The molecule has 2 heterocycles. The number of nitrogens with zero attached hydrogens (tertiary/aromatic N) is 3. The van der Waals surface area contributed by atoms with Crippen molar-refractivity contribution in [2.24, 2.45) is 17.1 Å². The lowest BCUT2D eigenvalue weighted by Crippen LogP contribution is -2.28. The first-order chi connectivity index (χ1) is 7.49. The van der Waals surface area contributed by atoms with Crippen molar-refractivity contribution in [1.82, 2.24) is 14.8 Å². The van der Waals surface area contributed by atoms with Crippen molar-refractivity contribution >= 4 is 0 Å². The maximum Gasteiger partial charge on any atom is 0.133 e. The molecule has 1 aliphatic heterocycles. The lowest BCUT2D eigenvalue weighted by atomic mass is 9.91. The molecule has 1 atom stereocenters. The largest absolute Gasteiger partial charge is 0.330 e. The Morgan fingerprint density at radius 3 is 2.75 bits per heavy atom. The molecule has 0 radical (unpaired) electrons. The van der Waals surface area contributed by atoms with Crippen molar-refractivity contribution in [2.75, 3.05) is 6.54 Å². The SMILES string of the molecule is CC(C)(C)Cc1nnc2n1CC(CN)CC2. The maximum absolute atomic E-state index is 5.75. The summed E-state index contributed by atoms with van der Waals surface area (Å²) in [5.41, 5.74) is 6.02. The van der Waals surface area contributed by atoms with Crippen LogP contribution < -0.4 is 5.73 Å². The molecule has 1 unspecified atom stereocenters. The third-order valence-electron chi connectivity index (χ3n) is 3.14. The monoisotopic (exact) mass is 222 g/mol. The van der Waals surface area contributed by atoms with E-state index in [2.05, 4.69) is 35.5 Å². The first kappa shape index (κ1) is 11.6. The number of aryl methyl sites for hydroxylation is 1. The van der Waals surface area contributed by atoms with E-state index in [1.165, 1.54) is 0 Å². The molecule has 90 valence electrons. The van der Waals surface area contributed by atoms with Crippen LogP contribution in [0.15, 0.2) is 0 Å². The van der Waals surface area contributed by atoms with Crippen molar-refractivity contribution in [3.8, 4) is 0 Å². The second-order valence-corrected chi connectivity index (χ2v) is 6.02. The topological polar surface area (TPSA) is 56.7 Å². The minimum Gasteiger partial charge on any atom is -0.330 e. The summed E-state index contributed by atoms with van der Waals surface area (Å²) in [6, 6.07) is 0. The number of nitrogens with two attached hydrogens (primary N) is 1. The van der Waals surface area contributed by atoms with Gasteiger partial charge < -0.3 is 10.3 Å².